The number of epoxide rings is 1. The van der Waals surface area contributed by atoms with E-state index in [9.17, 15) is 0 Å². The van der Waals surface area contributed by atoms with Gasteiger partial charge < -0.3 is 14.2 Å². The molecule has 0 aromatic rings. The molecular weight excluding hydrogens is 156 g/mol. The van der Waals surface area contributed by atoms with E-state index in [0.29, 0.717) is 6.10 Å². The topological polar surface area (TPSA) is 31.0 Å². The number of hydrogen-bond acceptors (Lipinski definition) is 3. The summed E-state index contributed by atoms with van der Waals surface area (Å²) in [5, 5.41) is 0. The molecule has 2 heterocycles. The molecule has 2 aliphatic rings. The largest absolute Gasteiger partial charge is 0.373 e. The van der Waals surface area contributed by atoms with Crippen LogP contribution >= 0.6 is 0 Å². The molecule has 12 heavy (non-hydrogen) atoms. The average molecular weight is 172 g/mol. The van der Waals surface area contributed by atoms with E-state index in [1.165, 1.54) is 0 Å². The van der Waals surface area contributed by atoms with Gasteiger partial charge in [-0.1, -0.05) is 0 Å². The third kappa shape index (κ3) is 2.19. The van der Waals surface area contributed by atoms with Gasteiger partial charge in [-0.15, -0.1) is 0 Å². The minimum absolute atomic E-state index is 0.282. The summed E-state index contributed by atoms with van der Waals surface area (Å²) in [6, 6.07) is 0. The van der Waals surface area contributed by atoms with Crippen molar-refractivity contribution in [1.82, 2.24) is 0 Å². The Labute approximate surface area is 73.0 Å². The van der Waals surface area contributed by atoms with Crippen molar-refractivity contribution in [2.45, 2.75) is 44.7 Å². The molecule has 0 amide bonds. The van der Waals surface area contributed by atoms with E-state index in [0.717, 1.165) is 26.1 Å². The Balaban J connectivity index is 1.68. The van der Waals surface area contributed by atoms with Crippen LogP contribution in [0, 0.1) is 0 Å². The summed E-state index contributed by atoms with van der Waals surface area (Å²) < 4.78 is 16.2. The average Bonchev–Trinajstić information content (AvgIpc) is 2.74. The second kappa shape index (κ2) is 2.98. The fourth-order valence-corrected chi connectivity index (χ4v) is 1.51. The van der Waals surface area contributed by atoms with E-state index in [1.54, 1.807) is 0 Å². The van der Waals surface area contributed by atoms with Crippen molar-refractivity contribution in [2.24, 2.45) is 0 Å². The van der Waals surface area contributed by atoms with E-state index in [1.807, 2.05) is 13.8 Å². The molecule has 2 saturated heterocycles. The van der Waals surface area contributed by atoms with Crippen LogP contribution in [-0.4, -0.2) is 31.2 Å². The Morgan fingerprint density at radius 1 is 1.17 bits per heavy atom. The van der Waals surface area contributed by atoms with Gasteiger partial charge in [0, 0.05) is 0 Å². The van der Waals surface area contributed by atoms with Crippen LogP contribution in [0.25, 0.3) is 0 Å². The smallest absolute Gasteiger partial charge is 0.163 e. The third-order valence-corrected chi connectivity index (χ3v) is 2.28. The Morgan fingerprint density at radius 2 is 1.83 bits per heavy atom. The zero-order chi connectivity index (χ0) is 8.60. The standard InChI is InChI=1S/C9H16O3/c1-9(2)11-6-8(12-9)4-3-7-5-10-7/h7-8H,3-6H2,1-2H3/t7-,8+/m1/s1. The first-order valence-electron chi connectivity index (χ1n) is 4.59. The van der Waals surface area contributed by atoms with Crippen LogP contribution in [-0.2, 0) is 14.2 Å². The summed E-state index contributed by atoms with van der Waals surface area (Å²) in [5.41, 5.74) is 0. The highest BCUT2D eigenvalue weighted by molar-refractivity contribution is 4.75. The molecule has 0 aliphatic carbocycles. The molecule has 0 spiro atoms. The highest BCUT2D eigenvalue weighted by atomic mass is 16.7. The molecule has 3 nitrogen and oxygen atoms in total. The second-order valence-electron chi connectivity index (χ2n) is 3.98. The van der Waals surface area contributed by atoms with Crippen molar-refractivity contribution < 1.29 is 14.2 Å². The normalized spacial score (nSPS) is 38.5. The molecule has 0 aromatic heterocycles. The third-order valence-electron chi connectivity index (χ3n) is 2.28. The van der Waals surface area contributed by atoms with Gasteiger partial charge in [0.05, 0.1) is 25.4 Å². The zero-order valence-corrected chi connectivity index (χ0v) is 7.71. The van der Waals surface area contributed by atoms with Crippen LogP contribution in [0.2, 0.25) is 0 Å². The van der Waals surface area contributed by atoms with Crippen LogP contribution in [0.15, 0.2) is 0 Å². The van der Waals surface area contributed by atoms with Crippen LogP contribution in [0.5, 0.6) is 0 Å². The second-order valence-corrected chi connectivity index (χ2v) is 3.98. The van der Waals surface area contributed by atoms with Crippen molar-refractivity contribution in [1.29, 1.82) is 0 Å². The highest BCUT2D eigenvalue weighted by Gasteiger charge is 2.33. The monoisotopic (exact) mass is 172 g/mol. The molecule has 3 heteroatoms. The lowest BCUT2D eigenvalue weighted by molar-refractivity contribution is -0.139. The van der Waals surface area contributed by atoms with Crippen molar-refractivity contribution in [3.05, 3.63) is 0 Å². The summed E-state index contributed by atoms with van der Waals surface area (Å²) in [7, 11) is 0. The number of ether oxygens (including phenoxy) is 3. The van der Waals surface area contributed by atoms with E-state index in [4.69, 9.17) is 14.2 Å². The van der Waals surface area contributed by atoms with Crippen LogP contribution in [0.3, 0.4) is 0 Å². The lowest BCUT2D eigenvalue weighted by atomic mass is 10.2. The molecule has 0 bridgehead atoms. The van der Waals surface area contributed by atoms with Gasteiger partial charge in [0.1, 0.15) is 0 Å². The maximum Gasteiger partial charge on any atom is 0.163 e. The van der Waals surface area contributed by atoms with Gasteiger partial charge in [0.2, 0.25) is 0 Å². The molecule has 2 fully saturated rings. The Hall–Kier alpha value is -0.120. The fourth-order valence-electron chi connectivity index (χ4n) is 1.51. The molecule has 2 aliphatic heterocycles. The summed E-state index contributed by atoms with van der Waals surface area (Å²) in [6.07, 6.45) is 2.97. The van der Waals surface area contributed by atoms with E-state index < -0.39 is 0 Å². The van der Waals surface area contributed by atoms with E-state index >= 15 is 0 Å². The Bertz CT molecular complexity index is 163. The summed E-state index contributed by atoms with van der Waals surface area (Å²) in [4.78, 5) is 0. The zero-order valence-electron chi connectivity index (χ0n) is 7.71. The Morgan fingerprint density at radius 3 is 2.33 bits per heavy atom. The lowest BCUT2D eigenvalue weighted by Crippen LogP contribution is -2.21. The van der Waals surface area contributed by atoms with Gasteiger partial charge in [-0.25, -0.2) is 0 Å². The van der Waals surface area contributed by atoms with Crippen molar-refractivity contribution in [2.75, 3.05) is 13.2 Å². The van der Waals surface area contributed by atoms with Gasteiger partial charge in [-0.2, -0.15) is 0 Å². The first-order chi connectivity index (χ1) is 5.66. The first kappa shape index (κ1) is 8.48. The minimum atomic E-state index is -0.366. The highest BCUT2D eigenvalue weighted by Crippen LogP contribution is 2.27. The fraction of sp³-hybridized carbons (Fsp3) is 1.00. The number of rotatable bonds is 3. The quantitative estimate of drug-likeness (QED) is 0.601. The van der Waals surface area contributed by atoms with Crippen molar-refractivity contribution >= 4 is 0 Å². The predicted molar refractivity (Wildman–Crippen MR) is 43.9 cm³/mol. The van der Waals surface area contributed by atoms with Gasteiger partial charge >= 0.3 is 0 Å². The molecule has 0 radical (unpaired) electrons. The van der Waals surface area contributed by atoms with Crippen LogP contribution in [0.1, 0.15) is 26.7 Å². The first-order valence-corrected chi connectivity index (χ1v) is 4.59. The molecule has 2 rings (SSSR count). The van der Waals surface area contributed by atoms with E-state index in [2.05, 4.69) is 0 Å². The van der Waals surface area contributed by atoms with Crippen LogP contribution in [0.4, 0.5) is 0 Å². The van der Waals surface area contributed by atoms with Gasteiger partial charge in [-0.3, -0.25) is 0 Å². The number of hydrogen-bond donors (Lipinski definition) is 0. The molecule has 0 N–H and O–H groups in total. The minimum Gasteiger partial charge on any atom is -0.373 e. The van der Waals surface area contributed by atoms with Crippen molar-refractivity contribution in [3.8, 4) is 0 Å². The van der Waals surface area contributed by atoms with Crippen molar-refractivity contribution in [3.63, 3.8) is 0 Å². The predicted octanol–water partition coefficient (Wildman–Crippen LogP) is 1.32. The summed E-state index contributed by atoms with van der Waals surface area (Å²) in [6.45, 7) is 5.60. The lowest BCUT2D eigenvalue weighted by Gasteiger charge is -2.16. The Kier molecular flexibility index (Phi) is 2.10. The molecular formula is C9H16O3. The molecule has 70 valence electrons. The SMILES string of the molecule is CC1(C)OC[C@H](CC[C@@H]2CO2)O1. The molecule has 0 saturated carbocycles. The van der Waals surface area contributed by atoms with E-state index in [-0.39, 0.29) is 11.9 Å². The van der Waals surface area contributed by atoms with Gasteiger partial charge in [0.15, 0.2) is 5.79 Å². The van der Waals surface area contributed by atoms with Gasteiger partial charge in [-0.05, 0) is 26.7 Å². The summed E-state index contributed by atoms with van der Waals surface area (Å²) >= 11 is 0. The maximum atomic E-state index is 5.65. The maximum absolute atomic E-state index is 5.65. The van der Waals surface area contributed by atoms with Gasteiger partial charge in [0.25, 0.3) is 0 Å². The molecule has 0 unspecified atom stereocenters. The van der Waals surface area contributed by atoms with Crippen LogP contribution < -0.4 is 0 Å². The molecule has 0 aromatic carbocycles. The summed E-state index contributed by atoms with van der Waals surface area (Å²) in [5.74, 6) is -0.366. The molecule has 2 atom stereocenters.